The molecule has 0 aliphatic heterocycles. The van der Waals surface area contributed by atoms with Gasteiger partial charge in [-0.2, -0.15) is 13.2 Å². The second kappa shape index (κ2) is 6.92. The van der Waals surface area contributed by atoms with E-state index in [9.17, 15) is 18.0 Å². The van der Waals surface area contributed by atoms with Gasteiger partial charge in [0, 0.05) is 5.56 Å². The van der Waals surface area contributed by atoms with Crippen molar-refractivity contribution in [3.8, 4) is 0 Å². The number of aromatic nitrogens is 4. The van der Waals surface area contributed by atoms with Crippen LogP contribution >= 0.6 is 11.8 Å². The minimum atomic E-state index is -4.41. The number of rotatable bonds is 5. The summed E-state index contributed by atoms with van der Waals surface area (Å²) in [5.41, 5.74) is 3.05. The van der Waals surface area contributed by atoms with Crippen molar-refractivity contribution >= 4 is 17.5 Å². The molecule has 1 aliphatic carbocycles. The normalized spacial score (nSPS) is 14.5. The van der Waals surface area contributed by atoms with E-state index in [-0.39, 0.29) is 16.7 Å². The van der Waals surface area contributed by atoms with Crippen molar-refractivity contribution in [3.63, 3.8) is 0 Å². The Kier molecular flexibility index (Phi) is 4.88. The molecule has 2 aromatic rings. The number of benzene rings is 1. The molecule has 0 saturated carbocycles. The van der Waals surface area contributed by atoms with E-state index in [1.807, 2.05) is 12.1 Å². The molecule has 0 fully saturated rings. The predicted octanol–water partition coefficient (Wildman–Crippen LogP) is 3.09. The lowest BCUT2D eigenvalue weighted by Gasteiger charge is -2.16. The van der Waals surface area contributed by atoms with Gasteiger partial charge in [-0.3, -0.25) is 4.79 Å². The van der Waals surface area contributed by atoms with Crippen molar-refractivity contribution in [1.82, 2.24) is 20.2 Å². The number of halogens is 3. The number of ketones is 1. The number of nitrogens with zero attached hydrogens (tertiary/aromatic N) is 4. The molecule has 1 aromatic heterocycles. The Balaban J connectivity index is 1.65. The first-order valence-electron chi connectivity index (χ1n) is 7.53. The number of carbonyl (C=O) groups is 1. The van der Waals surface area contributed by atoms with Crippen LogP contribution in [0.3, 0.4) is 0 Å². The first-order chi connectivity index (χ1) is 11.4. The van der Waals surface area contributed by atoms with Crippen LogP contribution in [-0.2, 0) is 19.4 Å². The summed E-state index contributed by atoms with van der Waals surface area (Å²) in [5, 5.41) is 10.1. The highest BCUT2D eigenvalue weighted by Gasteiger charge is 2.30. The highest BCUT2D eigenvalue weighted by Crippen LogP contribution is 2.24. The van der Waals surface area contributed by atoms with Crippen molar-refractivity contribution in [2.75, 3.05) is 5.75 Å². The maximum Gasteiger partial charge on any atom is 0.408 e. The van der Waals surface area contributed by atoms with Gasteiger partial charge in [-0.1, -0.05) is 23.9 Å². The number of carbonyl (C=O) groups excluding carboxylic acids is 1. The Morgan fingerprint density at radius 1 is 1.21 bits per heavy atom. The molecule has 0 saturated heterocycles. The van der Waals surface area contributed by atoms with Gasteiger partial charge in [0.15, 0.2) is 5.78 Å². The lowest BCUT2D eigenvalue weighted by atomic mass is 9.90. The van der Waals surface area contributed by atoms with Crippen LogP contribution in [0, 0.1) is 0 Å². The molecule has 0 amide bonds. The lowest BCUT2D eigenvalue weighted by Crippen LogP contribution is -2.19. The summed E-state index contributed by atoms with van der Waals surface area (Å²) < 4.78 is 37.9. The maximum atomic E-state index is 12.4. The molecule has 128 valence electrons. The molecule has 1 heterocycles. The van der Waals surface area contributed by atoms with Gasteiger partial charge in [-0.05, 0) is 53.3 Å². The molecule has 24 heavy (non-hydrogen) atoms. The summed E-state index contributed by atoms with van der Waals surface area (Å²) in [4.78, 5) is 12.3. The van der Waals surface area contributed by atoms with E-state index >= 15 is 0 Å². The SMILES string of the molecule is O=C(CSc1nnnn1CC(F)(F)F)c1ccc2c(c1)CCCC2. The minimum Gasteiger partial charge on any atom is -0.293 e. The van der Waals surface area contributed by atoms with Crippen LogP contribution in [0.15, 0.2) is 23.4 Å². The average Bonchev–Trinajstić information content (AvgIpc) is 2.97. The van der Waals surface area contributed by atoms with E-state index in [1.165, 1.54) is 11.1 Å². The number of Topliss-reactive ketones (excluding diaryl/α,β-unsaturated/α-hetero) is 1. The van der Waals surface area contributed by atoms with E-state index in [4.69, 9.17) is 0 Å². The third-order valence-electron chi connectivity index (χ3n) is 3.83. The maximum absolute atomic E-state index is 12.4. The fraction of sp³-hybridized carbons (Fsp3) is 0.467. The third kappa shape index (κ3) is 4.14. The van der Waals surface area contributed by atoms with Crippen LogP contribution < -0.4 is 0 Å². The van der Waals surface area contributed by atoms with Gasteiger partial charge in [-0.15, -0.1) is 5.10 Å². The molecule has 0 N–H and O–H groups in total. The summed E-state index contributed by atoms with van der Waals surface area (Å²) in [6.07, 6.45) is -0.130. The molecule has 0 unspecified atom stereocenters. The van der Waals surface area contributed by atoms with Crippen molar-refractivity contribution in [3.05, 3.63) is 34.9 Å². The number of aryl methyl sites for hydroxylation is 2. The zero-order valence-corrected chi connectivity index (χ0v) is 13.5. The van der Waals surface area contributed by atoms with E-state index in [0.717, 1.165) is 37.4 Å². The second-order valence-electron chi connectivity index (χ2n) is 5.64. The van der Waals surface area contributed by atoms with E-state index in [2.05, 4.69) is 15.5 Å². The van der Waals surface area contributed by atoms with E-state index < -0.39 is 12.7 Å². The molecular formula is C15H15F3N4OS. The number of thioether (sulfide) groups is 1. The second-order valence-corrected chi connectivity index (χ2v) is 6.58. The van der Waals surface area contributed by atoms with Crippen molar-refractivity contribution in [1.29, 1.82) is 0 Å². The standard InChI is InChI=1S/C15H15F3N4OS/c16-15(17,18)9-22-14(19-20-21-22)24-8-13(23)12-6-5-10-3-1-2-4-11(10)7-12/h5-7H,1-4,8-9H2. The zero-order valence-electron chi connectivity index (χ0n) is 12.7. The quantitative estimate of drug-likeness (QED) is 0.609. The van der Waals surface area contributed by atoms with Gasteiger partial charge in [-0.25, -0.2) is 4.68 Å². The Bertz CT molecular complexity index is 745. The van der Waals surface area contributed by atoms with Gasteiger partial charge < -0.3 is 0 Å². The zero-order chi connectivity index (χ0) is 17.2. The van der Waals surface area contributed by atoms with Crippen LogP contribution in [0.2, 0.25) is 0 Å². The number of tetrazole rings is 1. The smallest absolute Gasteiger partial charge is 0.293 e. The summed E-state index contributed by atoms with van der Waals surface area (Å²) in [6.45, 7) is -1.27. The molecule has 1 aliphatic rings. The highest BCUT2D eigenvalue weighted by atomic mass is 32.2. The first-order valence-corrected chi connectivity index (χ1v) is 8.52. The van der Waals surface area contributed by atoms with Gasteiger partial charge in [0.25, 0.3) is 0 Å². The molecule has 3 rings (SSSR count). The third-order valence-corrected chi connectivity index (χ3v) is 4.79. The van der Waals surface area contributed by atoms with Crippen LogP contribution in [0.4, 0.5) is 13.2 Å². The Morgan fingerprint density at radius 3 is 2.71 bits per heavy atom. The lowest BCUT2D eigenvalue weighted by molar-refractivity contribution is -0.144. The summed E-state index contributed by atoms with van der Waals surface area (Å²) in [6, 6.07) is 5.65. The van der Waals surface area contributed by atoms with Crippen LogP contribution in [0.1, 0.15) is 34.3 Å². The summed E-state index contributed by atoms with van der Waals surface area (Å²) >= 11 is 0.912. The average molecular weight is 356 g/mol. The summed E-state index contributed by atoms with van der Waals surface area (Å²) in [7, 11) is 0. The van der Waals surface area contributed by atoms with Gasteiger partial charge in [0.1, 0.15) is 6.54 Å². The predicted molar refractivity (Wildman–Crippen MR) is 82.0 cm³/mol. The number of hydrogen-bond acceptors (Lipinski definition) is 5. The molecule has 5 nitrogen and oxygen atoms in total. The fourth-order valence-electron chi connectivity index (χ4n) is 2.69. The van der Waals surface area contributed by atoms with Gasteiger partial charge in [0.05, 0.1) is 5.75 Å². The van der Waals surface area contributed by atoms with Crippen LogP contribution in [0.25, 0.3) is 0 Å². The van der Waals surface area contributed by atoms with E-state index in [0.29, 0.717) is 10.2 Å². The van der Waals surface area contributed by atoms with Crippen molar-refractivity contribution in [2.24, 2.45) is 0 Å². The summed E-state index contributed by atoms with van der Waals surface area (Å²) in [5.74, 6) is -0.147. The molecule has 0 radical (unpaired) electrons. The molecule has 9 heteroatoms. The molecular weight excluding hydrogens is 341 g/mol. The molecule has 1 aromatic carbocycles. The highest BCUT2D eigenvalue weighted by molar-refractivity contribution is 7.99. The topological polar surface area (TPSA) is 60.7 Å². The number of hydrogen-bond donors (Lipinski definition) is 0. The molecule has 0 atom stereocenters. The minimum absolute atomic E-state index is 0.00296. The van der Waals surface area contributed by atoms with Gasteiger partial charge >= 0.3 is 6.18 Å². The van der Waals surface area contributed by atoms with Gasteiger partial charge in [0.2, 0.25) is 5.16 Å². The van der Waals surface area contributed by atoms with Crippen molar-refractivity contribution < 1.29 is 18.0 Å². The van der Waals surface area contributed by atoms with E-state index in [1.54, 1.807) is 6.07 Å². The van der Waals surface area contributed by atoms with Crippen LogP contribution in [0.5, 0.6) is 0 Å². The fourth-order valence-corrected chi connectivity index (χ4v) is 3.46. The Labute approximate surface area is 140 Å². The number of fused-ring (bicyclic) bond motifs is 1. The Hall–Kier alpha value is -1.90. The molecule has 0 spiro atoms. The largest absolute Gasteiger partial charge is 0.408 e. The van der Waals surface area contributed by atoms with Crippen LogP contribution in [-0.4, -0.2) is 37.9 Å². The number of alkyl halides is 3. The molecule has 0 bridgehead atoms. The Morgan fingerprint density at radius 2 is 1.96 bits per heavy atom. The monoisotopic (exact) mass is 356 g/mol. The first kappa shape index (κ1) is 16.9. The van der Waals surface area contributed by atoms with Crippen molar-refractivity contribution in [2.45, 2.75) is 43.6 Å².